The van der Waals surface area contributed by atoms with Crippen molar-refractivity contribution >= 4 is 5.57 Å². The van der Waals surface area contributed by atoms with E-state index in [0.717, 1.165) is 0 Å². The van der Waals surface area contributed by atoms with Crippen LogP contribution in [0.15, 0.2) is 42.0 Å². The Bertz CT molecular complexity index is 400. The lowest BCUT2D eigenvalue weighted by Crippen LogP contribution is -1.93. The highest BCUT2D eigenvalue weighted by molar-refractivity contribution is 5.78. The Morgan fingerprint density at radius 2 is 1.75 bits per heavy atom. The number of hydrogen-bond donors (Lipinski definition) is 0. The van der Waals surface area contributed by atoms with Crippen LogP contribution in [0.2, 0.25) is 0 Å². The molecular weight excluding hydrogens is 192 g/mol. The highest BCUT2D eigenvalue weighted by atomic mass is 14.1. The first-order valence-corrected chi connectivity index (χ1v) is 6.21. The SMILES string of the molecule is CC.CC1=C(c2ccccc2C)C=CCC1.[HH]. The Morgan fingerprint density at radius 3 is 2.38 bits per heavy atom. The molecule has 1 aliphatic rings. The van der Waals surface area contributed by atoms with E-state index in [2.05, 4.69) is 50.3 Å². The van der Waals surface area contributed by atoms with E-state index in [1.165, 1.54) is 35.1 Å². The molecule has 1 aromatic carbocycles. The van der Waals surface area contributed by atoms with Gasteiger partial charge < -0.3 is 0 Å². The molecule has 0 amide bonds. The van der Waals surface area contributed by atoms with Gasteiger partial charge in [-0.2, -0.15) is 0 Å². The summed E-state index contributed by atoms with van der Waals surface area (Å²) in [5.74, 6) is 0. The summed E-state index contributed by atoms with van der Waals surface area (Å²) in [7, 11) is 0. The van der Waals surface area contributed by atoms with Crippen LogP contribution in [0.25, 0.3) is 5.57 Å². The van der Waals surface area contributed by atoms with Gasteiger partial charge in [-0.3, -0.25) is 0 Å². The van der Waals surface area contributed by atoms with Crippen LogP contribution in [0.1, 0.15) is 46.2 Å². The van der Waals surface area contributed by atoms with Gasteiger partial charge in [-0.05, 0) is 43.4 Å². The van der Waals surface area contributed by atoms with Crippen LogP contribution in [0.3, 0.4) is 0 Å². The van der Waals surface area contributed by atoms with Gasteiger partial charge in [-0.1, -0.05) is 55.8 Å². The Hall–Kier alpha value is -1.30. The van der Waals surface area contributed by atoms with E-state index in [1.54, 1.807) is 0 Å². The average Bonchev–Trinajstić information content (AvgIpc) is 2.34. The standard InChI is InChI=1S/C14H16.C2H6.H2/c1-11-7-3-5-9-13(11)14-10-6-4-8-12(14)2;1-2;/h3,5-7,9-10H,4,8H2,1-2H3;1-2H3;1H. The van der Waals surface area contributed by atoms with Crippen molar-refractivity contribution in [2.45, 2.75) is 40.5 Å². The smallest absolute Gasteiger partial charge is 0 e. The molecule has 0 bridgehead atoms. The summed E-state index contributed by atoms with van der Waals surface area (Å²) in [5.41, 5.74) is 5.70. The van der Waals surface area contributed by atoms with Gasteiger partial charge in [-0.15, -0.1) is 0 Å². The third-order valence-electron chi connectivity index (χ3n) is 2.87. The van der Waals surface area contributed by atoms with Gasteiger partial charge in [0.25, 0.3) is 0 Å². The molecule has 0 aliphatic heterocycles. The Morgan fingerprint density at radius 1 is 1.06 bits per heavy atom. The highest BCUT2D eigenvalue weighted by Gasteiger charge is 2.07. The van der Waals surface area contributed by atoms with Crippen LogP contribution in [0, 0.1) is 6.92 Å². The summed E-state index contributed by atoms with van der Waals surface area (Å²) in [6, 6.07) is 8.61. The third kappa shape index (κ3) is 2.85. The van der Waals surface area contributed by atoms with Gasteiger partial charge in [0.2, 0.25) is 0 Å². The zero-order chi connectivity index (χ0) is 12.0. The Kier molecular flexibility index (Phi) is 5.04. The van der Waals surface area contributed by atoms with Crippen LogP contribution in [0.5, 0.6) is 0 Å². The molecule has 0 N–H and O–H groups in total. The second kappa shape index (κ2) is 6.32. The fourth-order valence-corrected chi connectivity index (χ4v) is 1.97. The second-order valence-corrected chi connectivity index (χ2v) is 3.95. The van der Waals surface area contributed by atoms with Crippen LogP contribution in [0.4, 0.5) is 0 Å². The molecule has 2 rings (SSSR count). The van der Waals surface area contributed by atoms with Gasteiger partial charge >= 0.3 is 0 Å². The lowest BCUT2D eigenvalue weighted by atomic mass is 9.91. The molecular formula is C16H24. The molecule has 0 radical (unpaired) electrons. The lowest BCUT2D eigenvalue weighted by Gasteiger charge is -2.14. The molecule has 1 aromatic rings. The van der Waals surface area contributed by atoms with Gasteiger partial charge in [0.15, 0.2) is 0 Å². The summed E-state index contributed by atoms with van der Waals surface area (Å²) < 4.78 is 0. The molecule has 0 saturated carbocycles. The first-order chi connectivity index (χ1) is 7.79. The van der Waals surface area contributed by atoms with Crippen molar-refractivity contribution in [3.63, 3.8) is 0 Å². The molecule has 1 aliphatic carbocycles. The Balaban J connectivity index is 0.000000811. The number of rotatable bonds is 1. The van der Waals surface area contributed by atoms with E-state index >= 15 is 0 Å². The number of aryl methyl sites for hydroxylation is 1. The zero-order valence-corrected chi connectivity index (χ0v) is 10.9. The van der Waals surface area contributed by atoms with Gasteiger partial charge in [0, 0.05) is 1.43 Å². The predicted molar refractivity (Wildman–Crippen MR) is 75.6 cm³/mol. The van der Waals surface area contributed by atoms with E-state index in [9.17, 15) is 0 Å². The lowest BCUT2D eigenvalue weighted by molar-refractivity contribution is 0.967. The number of allylic oxidation sites excluding steroid dienone is 4. The summed E-state index contributed by atoms with van der Waals surface area (Å²) >= 11 is 0. The molecule has 88 valence electrons. The fraction of sp³-hybridized carbons (Fsp3) is 0.375. The topological polar surface area (TPSA) is 0 Å². The first kappa shape index (κ1) is 12.8. The minimum absolute atomic E-state index is 0. The molecule has 0 heterocycles. The first-order valence-electron chi connectivity index (χ1n) is 6.21. The van der Waals surface area contributed by atoms with Gasteiger partial charge in [-0.25, -0.2) is 0 Å². The second-order valence-electron chi connectivity index (χ2n) is 3.95. The molecule has 0 heteroatoms. The third-order valence-corrected chi connectivity index (χ3v) is 2.87. The molecule has 0 saturated heterocycles. The van der Waals surface area contributed by atoms with Crippen molar-refractivity contribution in [3.05, 3.63) is 53.1 Å². The molecule has 16 heavy (non-hydrogen) atoms. The van der Waals surface area contributed by atoms with Crippen molar-refractivity contribution < 1.29 is 1.43 Å². The zero-order valence-electron chi connectivity index (χ0n) is 10.9. The normalized spacial score (nSPS) is 14.5. The van der Waals surface area contributed by atoms with Crippen molar-refractivity contribution in [2.24, 2.45) is 0 Å². The summed E-state index contributed by atoms with van der Waals surface area (Å²) in [6.45, 7) is 8.42. The maximum atomic E-state index is 2.27. The van der Waals surface area contributed by atoms with Gasteiger partial charge in [0.1, 0.15) is 0 Å². The fourth-order valence-electron chi connectivity index (χ4n) is 1.97. The van der Waals surface area contributed by atoms with Crippen LogP contribution in [-0.2, 0) is 0 Å². The summed E-state index contributed by atoms with van der Waals surface area (Å²) in [4.78, 5) is 0. The molecule has 0 spiro atoms. The van der Waals surface area contributed by atoms with Crippen molar-refractivity contribution in [2.75, 3.05) is 0 Å². The largest absolute Gasteiger partial charge is 0.0836 e. The maximum Gasteiger partial charge on any atom is 0 e. The molecule has 0 aromatic heterocycles. The summed E-state index contributed by atoms with van der Waals surface area (Å²) in [6.07, 6.45) is 6.94. The minimum Gasteiger partial charge on any atom is -0.0836 e. The van der Waals surface area contributed by atoms with Crippen LogP contribution < -0.4 is 0 Å². The van der Waals surface area contributed by atoms with Crippen molar-refractivity contribution in [1.82, 2.24) is 0 Å². The van der Waals surface area contributed by atoms with Crippen LogP contribution in [-0.4, -0.2) is 0 Å². The van der Waals surface area contributed by atoms with Crippen molar-refractivity contribution in [1.29, 1.82) is 0 Å². The van der Waals surface area contributed by atoms with E-state index in [4.69, 9.17) is 0 Å². The van der Waals surface area contributed by atoms with E-state index in [0.29, 0.717) is 0 Å². The molecule has 0 nitrogen and oxygen atoms in total. The highest BCUT2D eigenvalue weighted by Crippen LogP contribution is 2.28. The van der Waals surface area contributed by atoms with E-state index < -0.39 is 0 Å². The van der Waals surface area contributed by atoms with E-state index in [1.807, 2.05) is 13.8 Å². The van der Waals surface area contributed by atoms with E-state index in [-0.39, 0.29) is 1.43 Å². The predicted octanol–water partition coefficient (Wildman–Crippen LogP) is 5.39. The quantitative estimate of drug-likeness (QED) is 0.590. The molecule has 0 atom stereocenters. The maximum absolute atomic E-state index is 2.27. The number of hydrogen-bond acceptors (Lipinski definition) is 0. The summed E-state index contributed by atoms with van der Waals surface area (Å²) in [5, 5.41) is 0. The average molecular weight is 216 g/mol. The molecule has 0 unspecified atom stereocenters. The van der Waals surface area contributed by atoms with Crippen LogP contribution >= 0.6 is 0 Å². The molecule has 0 fully saturated rings. The van der Waals surface area contributed by atoms with Gasteiger partial charge in [0.05, 0.1) is 0 Å². The van der Waals surface area contributed by atoms with Crippen molar-refractivity contribution in [3.8, 4) is 0 Å². The Labute approximate surface area is 101 Å². The monoisotopic (exact) mass is 216 g/mol. The minimum atomic E-state index is 0. The number of benzene rings is 1.